The van der Waals surface area contributed by atoms with Crippen LogP contribution in [0.5, 0.6) is 5.75 Å². The Bertz CT molecular complexity index is 872. The SMILES string of the molecule is CC(=O)N1C=Cc2ccccc2C1CC(=O)NCc1ccc(OC(C)C)cc1. The maximum absolute atomic E-state index is 12.6. The quantitative estimate of drug-likeness (QED) is 0.825. The fraction of sp³-hybridized carbons (Fsp3) is 0.304. The van der Waals surface area contributed by atoms with Gasteiger partial charge in [-0.25, -0.2) is 0 Å². The van der Waals surface area contributed by atoms with Crippen LogP contribution in [0.2, 0.25) is 0 Å². The van der Waals surface area contributed by atoms with E-state index in [9.17, 15) is 9.59 Å². The second-order valence-corrected chi connectivity index (χ2v) is 7.18. The third-order valence-electron chi connectivity index (χ3n) is 4.63. The van der Waals surface area contributed by atoms with Crippen LogP contribution in [0.3, 0.4) is 0 Å². The van der Waals surface area contributed by atoms with Gasteiger partial charge in [0.25, 0.3) is 0 Å². The van der Waals surface area contributed by atoms with Gasteiger partial charge in [0.15, 0.2) is 0 Å². The van der Waals surface area contributed by atoms with Crippen LogP contribution in [-0.4, -0.2) is 22.8 Å². The van der Waals surface area contributed by atoms with Gasteiger partial charge in [0.1, 0.15) is 5.75 Å². The molecular formula is C23H26N2O3. The molecule has 0 spiro atoms. The van der Waals surface area contributed by atoms with Gasteiger partial charge < -0.3 is 15.0 Å². The highest BCUT2D eigenvalue weighted by Gasteiger charge is 2.27. The predicted octanol–water partition coefficient (Wildman–Crippen LogP) is 4.05. The lowest BCUT2D eigenvalue weighted by molar-refractivity contribution is -0.130. The number of hydrogen-bond donors (Lipinski definition) is 1. The molecule has 1 atom stereocenters. The number of carbonyl (C=O) groups excluding carboxylic acids is 2. The van der Waals surface area contributed by atoms with Gasteiger partial charge in [0.05, 0.1) is 18.6 Å². The van der Waals surface area contributed by atoms with Crippen molar-refractivity contribution in [3.05, 3.63) is 71.4 Å². The van der Waals surface area contributed by atoms with E-state index in [2.05, 4.69) is 5.32 Å². The van der Waals surface area contributed by atoms with Crippen molar-refractivity contribution in [3.63, 3.8) is 0 Å². The maximum Gasteiger partial charge on any atom is 0.223 e. The van der Waals surface area contributed by atoms with Gasteiger partial charge in [-0.15, -0.1) is 0 Å². The molecule has 5 heteroatoms. The molecule has 0 radical (unpaired) electrons. The lowest BCUT2D eigenvalue weighted by atomic mass is 9.93. The largest absolute Gasteiger partial charge is 0.491 e. The summed E-state index contributed by atoms with van der Waals surface area (Å²) in [7, 11) is 0. The van der Waals surface area contributed by atoms with Crippen LogP contribution in [-0.2, 0) is 16.1 Å². The van der Waals surface area contributed by atoms with E-state index >= 15 is 0 Å². The van der Waals surface area contributed by atoms with Crippen LogP contribution < -0.4 is 10.1 Å². The van der Waals surface area contributed by atoms with Gasteiger partial charge in [0.2, 0.25) is 11.8 Å². The first-order valence-corrected chi connectivity index (χ1v) is 9.52. The third-order valence-corrected chi connectivity index (χ3v) is 4.63. The molecule has 3 rings (SSSR count). The van der Waals surface area contributed by atoms with E-state index in [1.54, 1.807) is 11.1 Å². The van der Waals surface area contributed by atoms with Gasteiger partial charge in [-0.1, -0.05) is 36.4 Å². The monoisotopic (exact) mass is 378 g/mol. The zero-order valence-electron chi connectivity index (χ0n) is 16.5. The second kappa shape index (κ2) is 8.74. The lowest BCUT2D eigenvalue weighted by Gasteiger charge is -2.32. The fourth-order valence-electron chi connectivity index (χ4n) is 3.32. The second-order valence-electron chi connectivity index (χ2n) is 7.18. The van der Waals surface area contributed by atoms with E-state index in [4.69, 9.17) is 4.74 Å². The number of amides is 2. The maximum atomic E-state index is 12.6. The average Bonchev–Trinajstić information content (AvgIpc) is 2.67. The summed E-state index contributed by atoms with van der Waals surface area (Å²) in [5.41, 5.74) is 3.03. The Balaban J connectivity index is 1.63. The van der Waals surface area contributed by atoms with Crippen LogP contribution >= 0.6 is 0 Å². The molecule has 2 aromatic rings. The van der Waals surface area contributed by atoms with Crippen molar-refractivity contribution in [2.45, 2.75) is 45.9 Å². The van der Waals surface area contributed by atoms with E-state index in [0.29, 0.717) is 6.54 Å². The van der Waals surface area contributed by atoms with Crippen LogP contribution in [0, 0.1) is 0 Å². The van der Waals surface area contributed by atoms with Gasteiger partial charge in [-0.2, -0.15) is 0 Å². The molecule has 0 saturated heterocycles. The number of carbonyl (C=O) groups is 2. The molecule has 1 unspecified atom stereocenters. The lowest BCUT2D eigenvalue weighted by Crippen LogP contribution is -2.35. The van der Waals surface area contributed by atoms with Gasteiger partial charge in [0, 0.05) is 19.7 Å². The number of hydrogen-bond acceptors (Lipinski definition) is 3. The molecule has 5 nitrogen and oxygen atoms in total. The summed E-state index contributed by atoms with van der Waals surface area (Å²) in [5.74, 6) is 0.640. The van der Waals surface area contributed by atoms with Gasteiger partial charge in [-0.05, 0) is 48.7 Å². The van der Waals surface area contributed by atoms with Crippen LogP contribution in [0.4, 0.5) is 0 Å². The molecule has 146 valence electrons. The highest BCUT2D eigenvalue weighted by Crippen LogP contribution is 2.32. The first-order valence-electron chi connectivity index (χ1n) is 9.52. The van der Waals surface area contributed by atoms with Crippen LogP contribution in [0.15, 0.2) is 54.7 Å². The summed E-state index contributed by atoms with van der Waals surface area (Å²) in [6, 6.07) is 15.3. The van der Waals surface area contributed by atoms with Crippen molar-refractivity contribution in [2.75, 3.05) is 0 Å². The Labute approximate surface area is 166 Å². The van der Waals surface area contributed by atoms with E-state index in [1.165, 1.54) is 6.92 Å². The molecule has 1 aliphatic rings. The number of nitrogens with one attached hydrogen (secondary N) is 1. The molecule has 1 N–H and O–H groups in total. The molecule has 0 fully saturated rings. The standard InChI is InChI=1S/C23H26N2O3/c1-16(2)28-20-10-8-18(9-11-20)15-24-23(27)14-22-21-7-5-4-6-19(21)12-13-25(22)17(3)26/h4-13,16,22H,14-15H2,1-3H3,(H,24,27). The zero-order chi connectivity index (χ0) is 20.1. The molecule has 1 heterocycles. The van der Waals surface area contributed by atoms with E-state index in [1.807, 2.05) is 68.5 Å². The summed E-state index contributed by atoms with van der Waals surface area (Å²) in [5, 5.41) is 2.95. The van der Waals surface area contributed by atoms with Crippen molar-refractivity contribution in [1.82, 2.24) is 10.2 Å². The van der Waals surface area contributed by atoms with E-state index < -0.39 is 0 Å². The zero-order valence-corrected chi connectivity index (χ0v) is 16.5. The van der Waals surface area contributed by atoms with Crippen LogP contribution in [0.25, 0.3) is 6.08 Å². The summed E-state index contributed by atoms with van der Waals surface area (Å²) >= 11 is 0. The highest BCUT2D eigenvalue weighted by atomic mass is 16.5. The van der Waals surface area contributed by atoms with Gasteiger partial charge >= 0.3 is 0 Å². The van der Waals surface area contributed by atoms with Gasteiger partial charge in [-0.3, -0.25) is 9.59 Å². The Kier molecular flexibility index (Phi) is 6.14. The Hall–Kier alpha value is -3.08. The van der Waals surface area contributed by atoms with Crippen molar-refractivity contribution < 1.29 is 14.3 Å². The molecule has 0 aromatic heterocycles. The summed E-state index contributed by atoms with van der Waals surface area (Å²) in [4.78, 5) is 26.2. The minimum absolute atomic E-state index is 0.0794. The molecular weight excluding hydrogens is 352 g/mol. The molecule has 0 aliphatic carbocycles. The molecule has 1 aliphatic heterocycles. The number of benzene rings is 2. The van der Waals surface area contributed by atoms with Crippen molar-refractivity contribution in [1.29, 1.82) is 0 Å². The van der Waals surface area contributed by atoms with Crippen molar-refractivity contribution in [3.8, 4) is 5.75 Å². The smallest absolute Gasteiger partial charge is 0.223 e. The Morgan fingerprint density at radius 2 is 1.82 bits per heavy atom. The first-order chi connectivity index (χ1) is 13.4. The van der Waals surface area contributed by atoms with E-state index in [-0.39, 0.29) is 30.4 Å². The minimum atomic E-state index is -0.291. The summed E-state index contributed by atoms with van der Waals surface area (Å²) in [6.07, 6.45) is 4.01. The molecule has 2 amide bonds. The number of fused-ring (bicyclic) bond motifs is 1. The number of rotatable bonds is 6. The normalized spacial score (nSPS) is 15.3. The Morgan fingerprint density at radius 1 is 1.11 bits per heavy atom. The molecule has 0 bridgehead atoms. The number of nitrogens with zero attached hydrogens (tertiary/aromatic N) is 1. The molecule has 28 heavy (non-hydrogen) atoms. The minimum Gasteiger partial charge on any atom is -0.491 e. The molecule has 2 aromatic carbocycles. The summed E-state index contributed by atoms with van der Waals surface area (Å²) in [6.45, 7) is 5.92. The van der Waals surface area contributed by atoms with Crippen LogP contribution in [0.1, 0.15) is 49.9 Å². The summed E-state index contributed by atoms with van der Waals surface area (Å²) < 4.78 is 5.63. The Morgan fingerprint density at radius 3 is 2.50 bits per heavy atom. The van der Waals surface area contributed by atoms with E-state index in [0.717, 1.165) is 22.4 Å². The third kappa shape index (κ3) is 4.80. The highest BCUT2D eigenvalue weighted by molar-refractivity contribution is 5.81. The fourth-order valence-corrected chi connectivity index (χ4v) is 3.32. The topological polar surface area (TPSA) is 58.6 Å². The van der Waals surface area contributed by atoms with Crippen molar-refractivity contribution in [2.24, 2.45) is 0 Å². The number of ether oxygens (including phenoxy) is 1. The van der Waals surface area contributed by atoms with Crippen molar-refractivity contribution >= 4 is 17.9 Å². The average molecular weight is 378 g/mol. The predicted molar refractivity (Wildman–Crippen MR) is 109 cm³/mol. The first kappa shape index (κ1) is 19.7. The molecule has 0 saturated carbocycles.